The summed E-state index contributed by atoms with van der Waals surface area (Å²) < 4.78 is 0.940. The first-order chi connectivity index (χ1) is 7.58. The van der Waals surface area contributed by atoms with Gasteiger partial charge < -0.3 is 10.6 Å². The third-order valence-corrected chi connectivity index (χ3v) is 2.30. The largest absolute Gasteiger partial charge is 0.370 e. The Bertz CT molecular complexity index is 338. The Kier molecular flexibility index (Phi) is 5.25. The van der Waals surface area contributed by atoms with E-state index < -0.39 is 0 Å². The van der Waals surface area contributed by atoms with Crippen LogP contribution in [0, 0.1) is 0 Å². The number of aromatic nitrogens is 1. The van der Waals surface area contributed by atoms with Crippen LogP contribution in [0.1, 0.15) is 20.3 Å². The molecule has 1 rings (SSSR count). The van der Waals surface area contributed by atoms with Crippen molar-refractivity contribution in [1.29, 1.82) is 0 Å². The van der Waals surface area contributed by atoms with Gasteiger partial charge in [-0.3, -0.25) is 4.79 Å². The van der Waals surface area contributed by atoms with Crippen LogP contribution in [0.5, 0.6) is 0 Å². The number of anilines is 1. The van der Waals surface area contributed by atoms with Crippen LogP contribution in [0.15, 0.2) is 22.8 Å². The van der Waals surface area contributed by atoms with E-state index >= 15 is 0 Å². The van der Waals surface area contributed by atoms with Crippen LogP contribution in [-0.4, -0.2) is 23.5 Å². The zero-order valence-corrected chi connectivity index (χ0v) is 11.0. The molecule has 5 heteroatoms. The molecular weight excluding hydrogens is 270 g/mol. The highest BCUT2D eigenvalue weighted by atomic mass is 79.9. The first-order valence-electron chi connectivity index (χ1n) is 5.22. The Morgan fingerprint density at radius 3 is 2.81 bits per heavy atom. The summed E-state index contributed by atoms with van der Waals surface area (Å²) in [6.45, 7) is 4.48. The van der Waals surface area contributed by atoms with Crippen LogP contribution in [0.3, 0.4) is 0 Å². The van der Waals surface area contributed by atoms with Gasteiger partial charge in [0.2, 0.25) is 5.91 Å². The molecule has 0 atom stereocenters. The fraction of sp³-hybridized carbons (Fsp3) is 0.455. The minimum Gasteiger partial charge on any atom is -0.370 e. The van der Waals surface area contributed by atoms with E-state index in [1.54, 1.807) is 6.20 Å². The topological polar surface area (TPSA) is 54.0 Å². The maximum absolute atomic E-state index is 11.3. The van der Waals surface area contributed by atoms with E-state index in [1.807, 2.05) is 26.0 Å². The molecule has 88 valence electrons. The summed E-state index contributed by atoms with van der Waals surface area (Å²) in [5.41, 5.74) is 0. The van der Waals surface area contributed by atoms with Crippen LogP contribution in [0.25, 0.3) is 0 Å². The second-order valence-corrected chi connectivity index (χ2v) is 4.68. The van der Waals surface area contributed by atoms with Crippen molar-refractivity contribution >= 4 is 27.7 Å². The van der Waals surface area contributed by atoms with Crippen LogP contribution >= 0.6 is 15.9 Å². The molecule has 0 unspecified atom stereocenters. The van der Waals surface area contributed by atoms with Crippen molar-refractivity contribution in [2.45, 2.75) is 26.3 Å². The molecule has 0 saturated heterocycles. The lowest BCUT2D eigenvalue weighted by atomic mass is 10.3. The molecule has 1 heterocycles. The summed E-state index contributed by atoms with van der Waals surface area (Å²) in [4.78, 5) is 15.5. The van der Waals surface area contributed by atoms with Gasteiger partial charge in [0, 0.05) is 29.7 Å². The van der Waals surface area contributed by atoms with Gasteiger partial charge in [-0.2, -0.15) is 0 Å². The number of nitrogens with one attached hydrogen (secondary N) is 2. The second-order valence-electron chi connectivity index (χ2n) is 3.76. The fourth-order valence-electron chi connectivity index (χ4n) is 1.18. The summed E-state index contributed by atoms with van der Waals surface area (Å²) in [5.74, 6) is 0.833. The molecule has 0 aliphatic carbocycles. The molecule has 0 fully saturated rings. The third-order valence-electron chi connectivity index (χ3n) is 1.84. The summed E-state index contributed by atoms with van der Waals surface area (Å²) in [6.07, 6.45) is 2.17. The van der Waals surface area contributed by atoms with Gasteiger partial charge in [0.1, 0.15) is 5.82 Å². The molecule has 0 bridgehead atoms. The molecule has 0 aliphatic heterocycles. The van der Waals surface area contributed by atoms with Crippen LogP contribution in [0.4, 0.5) is 5.82 Å². The molecule has 0 radical (unpaired) electrons. The van der Waals surface area contributed by atoms with E-state index in [4.69, 9.17) is 0 Å². The Morgan fingerprint density at radius 1 is 1.50 bits per heavy atom. The lowest BCUT2D eigenvalue weighted by Gasteiger charge is -2.09. The zero-order chi connectivity index (χ0) is 12.0. The monoisotopic (exact) mass is 285 g/mol. The molecular formula is C11H16BrN3O. The third kappa shape index (κ3) is 5.11. The standard InChI is InChI=1S/C11H16BrN3O/c1-8(2)15-11(16)5-6-13-10-4-3-9(12)7-14-10/h3-4,7-8H,5-6H2,1-2H3,(H,13,14)(H,15,16). The summed E-state index contributed by atoms with van der Waals surface area (Å²) in [7, 11) is 0. The van der Waals surface area contributed by atoms with Crippen molar-refractivity contribution < 1.29 is 4.79 Å². The predicted octanol–water partition coefficient (Wildman–Crippen LogP) is 2.17. The maximum Gasteiger partial charge on any atom is 0.221 e. The molecule has 0 saturated carbocycles. The van der Waals surface area contributed by atoms with E-state index in [1.165, 1.54) is 0 Å². The van der Waals surface area contributed by atoms with E-state index in [2.05, 4.69) is 31.5 Å². The van der Waals surface area contributed by atoms with E-state index in [0.29, 0.717) is 13.0 Å². The van der Waals surface area contributed by atoms with Gasteiger partial charge in [-0.15, -0.1) is 0 Å². The first kappa shape index (κ1) is 13.0. The molecule has 16 heavy (non-hydrogen) atoms. The van der Waals surface area contributed by atoms with Crippen molar-refractivity contribution in [2.75, 3.05) is 11.9 Å². The Morgan fingerprint density at radius 2 is 2.25 bits per heavy atom. The quantitative estimate of drug-likeness (QED) is 0.872. The van der Waals surface area contributed by atoms with Crippen molar-refractivity contribution in [3.8, 4) is 0 Å². The molecule has 1 aromatic heterocycles. The van der Waals surface area contributed by atoms with Crippen molar-refractivity contribution in [1.82, 2.24) is 10.3 Å². The molecule has 0 spiro atoms. The highest BCUT2D eigenvalue weighted by molar-refractivity contribution is 9.10. The molecule has 0 aromatic carbocycles. The predicted molar refractivity (Wildman–Crippen MR) is 68.3 cm³/mol. The van der Waals surface area contributed by atoms with Crippen LogP contribution in [0.2, 0.25) is 0 Å². The van der Waals surface area contributed by atoms with Gasteiger partial charge in [-0.05, 0) is 41.9 Å². The van der Waals surface area contributed by atoms with Crippen molar-refractivity contribution in [2.24, 2.45) is 0 Å². The van der Waals surface area contributed by atoms with Crippen molar-refractivity contribution in [3.63, 3.8) is 0 Å². The second kappa shape index (κ2) is 6.48. The molecule has 1 aromatic rings. The van der Waals surface area contributed by atoms with Crippen molar-refractivity contribution in [3.05, 3.63) is 22.8 Å². The molecule has 2 N–H and O–H groups in total. The normalized spacial score (nSPS) is 10.2. The maximum atomic E-state index is 11.3. The number of hydrogen-bond acceptors (Lipinski definition) is 3. The number of rotatable bonds is 5. The Labute approximate surface area is 104 Å². The Hall–Kier alpha value is -1.10. The van der Waals surface area contributed by atoms with Gasteiger partial charge >= 0.3 is 0 Å². The van der Waals surface area contributed by atoms with Crippen LogP contribution in [-0.2, 0) is 4.79 Å². The minimum atomic E-state index is 0.0552. The molecule has 1 amide bonds. The Balaban J connectivity index is 2.25. The number of halogens is 1. The fourth-order valence-corrected chi connectivity index (χ4v) is 1.41. The summed E-state index contributed by atoms with van der Waals surface area (Å²) >= 11 is 3.31. The zero-order valence-electron chi connectivity index (χ0n) is 9.46. The smallest absolute Gasteiger partial charge is 0.221 e. The van der Waals surface area contributed by atoms with E-state index in [9.17, 15) is 4.79 Å². The van der Waals surface area contributed by atoms with Gasteiger partial charge in [-0.25, -0.2) is 4.98 Å². The van der Waals surface area contributed by atoms with E-state index in [0.717, 1.165) is 10.3 Å². The summed E-state index contributed by atoms with van der Waals surface area (Å²) in [6, 6.07) is 3.96. The van der Waals surface area contributed by atoms with Gasteiger partial charge in [0.25, 0.3) is 0 Å². The summed E-state index contributed by atoms with van der Waals surface area (Å²) in [5, 5.41) is 5.91. The number of pyridine rings is 1. The number of hydrogen-bond donors (Lipinski definition) is 2. The number of nitrogens with zero attached hydrogens (tertiary/aromatic N) is 1. The molecule has 0 aliphatic rings. The highest BCUT2D eigenvalue weighted by Gasteiger charge is 2.02. The highest BCUT2D eigenvalue weighted by Crippen LogP contribution is 2.10. The van der Waals surface area contributed by atoms with Gasteiger partial charge in [0.15, 0.2) is 0 Å². The lowest BCUT2D eigenvalue weighted by molar-refractivity contribution is -0.121. The van der Waals surface area contributed by atoms with Gasteiger partial charge in [0.05, 0.1) is 0 Å². The van der Waals surface area contributed by atoms with Crippen LogP contribution < -0.4 is 10.6 Å². The first-order valence-corrected chi connectivity index (χ1v) is 6.02. The average Bonchev–Trinajstić information content (AvgIpc) is 2.20. The number of carbonyl (C=O) groups is 1. The van der Waals surface area contributed by atoms with E-state index in [-0.39, 0.29) is 11.9 Å². The lowest BCUT2D eigenvalue weighted by Crippen LogP contribution is -2.31. The van der Waals surface area contributed by atoms with Gasteiger partial charge in [-0.1, -0.05) is 0 Å². The number of carbonyl (C=O) groups excluding carboxylic acids is 1. The molecule has 4 nitrogen and oxygen atoms in total. The minimum absolute atomic E-state index is 0.0552. The SMILES string of the molecule is CC(C)NC(=O)CCNc1ccc(Br)cn1. The average molecular weight is 286 g/mol. The number of amides is 1.